The number of aromatic nitrogens is 1. The van der Waals surface area contributed by atoms with Crippen LogP contribution in [0.2, 0.25) is 0 Å². The summed E-state index contributed by atoms with van der Waals surface area (Å²) in [5, 5.41) is 0. The topological polar surface area (TPSA) is 94.5 Å². The highest BCUT2D eigenvalue weighted by Gasteiger charge is 2.20. The number of likely N-dealkylation sites (N-methyl/N-ethyl adjacent to an activating group) is 1. The van der Waals surface area contributed by atoms with Crippen molar-refractivity contribution in [2.75, 3.05) is 25.9 Å². The van der Waals surface area contributed by atoms with E-state index in [0.29, 0.717) is 18.3 Å². The van der Waals surface area contributed by atoms with Gasteiger partial charge in [-0.1, -0.05) is 6.42 Å². The van der Waals surface area contributed by atoms with E-state index in [1.807, 2.05) is 0 Å². The molecule has 2 heterocycles. The third-order valence-corrected chi connectivity index (χ3v) is 3.47. The molecule has 0 aromatic carbocycles. The Kier molecular flexibility index (Phi) is 4.21. The number of rotatable bonds is 4. The average molecular weight is 264 g/mol. The highest BCUT2D eigenvalue weighted by Crippen LogP contribution is 2.20. The minimum atomic E-state index is -0.577. The van der Waals surface area contributed by atoms with Crippen molar-refractivity contribution in [3.8, 4) is 5.88 Å². The van der Waals surface area contributed by atoms with Crippen molar-refractivity contribution in [2.45, 2.75) is 25.3 Å². The molecular weight excluding hydrogens is 244 g/mol. The number of ether oxygens (including phenoxy) is 1. The number of primary amides is 1. The normalized spacial score (nSPS) is 20.2. The summed E-state index contributed by atoms with van der Waals surface area (Å²) in [6.45, 7) is 1.58. The Hall–Kier alpha value is -1.82. The molecule has 0 aliphatic carbocycles. The van der Waals surface area contributed by atoms with Gasteiger partial charge < -0.3 is 21.1 Å². The summed E-state index contributed by atoms with van der Waals surface area (Å²) >= 11 is 0. The molecule has 19 heavy (non-hydrogen) atoms. The molecule has 1 aliphatic rings. The first-order chi connectivity index (χ1) is 9.08. The van der Waals surface area contributed by atoms with Crippen LogP contribution in [-0.2, 0) is 0 Å². The summed E-state index contributed by atoms with van der Waals surface area (Å²) < 4.78 is 5.65. The molecule has 2 rings (SSSR count). The number of anilines is 1. The van der Waals surface area contributed by atoms with Crippen molar-refractivity contribution < 1.29 is 9.53 Å². The maximum absolute atomic E-state index is 11.3. The zero-order chi connectivity index (χ0) is 13.8. The van der Waals surface area contributed by atoms with Crippen LogP contribution < -0.4 is 16.2 Å². The van der Waals surface area contributed by atoms with Gasteiger partial charge in [0.15, 0.2) is 0 Å². The van der Waals surface area contributed by atoms with Crippen LogP contribution in [0.4, 0.5) is 5.69 Å². The second-order valence-corrected chi connectivity index (χ2v) is 4.93. The largest absolute Gasteiger partial charge is 0.475 e. The second-order valence-electron chi connectivity index (χ2n) is 4.93. The van der Waals surface area contributed by atoms with Gasteiger partial charge in [-0.3, -0.25) is 4.79 Å². The third kappa shape index (κ3) is 3.35. The summed E-state index contributed by atoms with van der Waals surface area (Å²) in [5.41, 5.74) is 11.5. The van der Waals surface area contributed by atoms with E-state index < -0.39 is 5.91 Å². The smallest absolute Gasteiger partial charge is 0.254 e. The van der Waals surface area contributed by atoms with Gasteiger partial charge in [0.25, 0.3) is 5.91 Å². The predicted molar refractivity (Wildman–Crippen MR) is 72.9 cm³/mol. The van der Waals surface area contributed by atoms with Gasteiger partial charge in [0.2, 0.25) is 5.88 Å². The van der Waals surface area contributed by atoms with Crippen LogP contribution in [0, 0.1) is 0 Å². The van der Waals surface area contributed by atoms with Gasteiger partial charge in [-0.25, -0.2) is 4.98 Å². The van der Waals surface area contributed by atoms with Crippen molar-refractivity contribution in [3.63, 3.8) is 0 Å². The minimum Gasteiger partial charge on any atom is -0.475 e. The van der Waals surface area contributed by atoms with E-state index in [4.69, 9.17) is 16.2 Å². The highest BCUT2D eigenvalue weighted by molar-refractivity contribution is 5.95. The molecule has 0 bridgehead atoms. The van der Waals surface area contributed by atoms with Crippen LogP contribution in [0.25, 0.3) is 0 Å². The van der Waals surface area contributed by atoms with Gasteiger partial charge in [-0.2, -0.15) is 0 Å². The van der Waals surface area contributed by atoms with E-state index in [1.54, 1.807) is 0 Å². The molecule has 6 nitrogen and oxygen atoms in total. The zero-order valence-corrected chi connectivity index (χ0v) is 11.1. The second kappa shape index (κ2) is 5.88. The highest BCUT2D eigenvalue weighted by atomic mass is 16.5. The maximum atomic E-state index is 11.3. The standard InChI is InChI=1S/C13H20N4O2/c1-17-5-3-2-4-10(17)8-19-13-11(12(15)18)6-9(14)7-16-13/h6-7,10H,2-5,8,14H2,1H3,(H2,15,18). The van der Waals surface area contributed by atoms with Crippen LogP contribution in [0.15, 0.2) is 12.3 Å². The first-order valence-electron chi connectivity index (χ1n) is 6.46. The monoisotopic (exact) mass is 264 g/mol. The summed E-state index contributed by atoms with van der Waals surface area (Å²) in [5.74, 6) is -0.313. The lowest BCUT2D eigenvalue weighted by atomic mass is 10.0. The molecular formula is C13H20N4O2. The molecule has 1 fully saturated rings. The summed E-state index contributed by atoms with van der Waals surface area (Å²) in [7, 11) is 2.08. The summed E-state index contributed by atoms with van der Waals surface area (Å²) in [6, 6.07) is 1.85. The zero-order valence-electron chi connectivity index (χ0n) is 11.1. The van der Waals surface area contributed by atoms with E-state index in [0.717, 1.165) is 13.0 Å². The molecule has 0 radical (unpaired) electrons. The van der Waals surface area contributed by atoms with E-state index in [2.05, 4.69) is 16.9 Å². The van der Waals surface area contributed by atoms with Crippen molar-refractivity contribution >= 4 is 11.6 Å². The lowest BCUT2D eigenvalue weighted by Crippen LogP contribution is -2.40. The van der Waals surface area contributed by atoms with Crippen LogP contribution in [0.5, 0.6) is 5.88 Å². The lowest BCUT2D eigenvalue weighted by molar-refractivity contribution is 0.0984. The average Bonchev–Trinajstić information content (AvgIpc) is 2.38. The van der Waals surface area contributed by atoms with Crippen molar-refractivity contribution in [2.24, 2.45) is 5.73 Å². The van der Waals surface area contributed by atoms with Gasteiger partial charge in [-0.05, 0) is 32.5 Å². The van der Waals surface area contributed by atoms with Gasteiger partial charge in [0, 0.05) is 6.04 Å². The molecule has 1 amide bonds. The lowest BCUT2D eigenvalue weighted by Gasteiger charge is -2.32. The Morgan fingerprint density at radius 2 is 2.37 bits per heavy atom. The number of amides is 1. The van der Waals surface area contributed by atoms with Gasteiger partial charge in [-0.15, -0.1) is 0 Å². The first kappa shape index (κ1) is 13.6. The van der Waals surface area contributed by atoms with Crippen molar-refractivity contribution in [1.82, 2.24) is 9.88 Å². The van der Waals surface area contributed by atoms with Crippen LogP contribution in [0.3, 0.4) is 0 Å². The Bertz CT molecular complexity index is 464. The number of pyridine rings is 1. The number of carbonyl (C=O) groups is 1. The fraction of sp³-hybridized carbons (Fsp3) is 0.538. The molecule has 1 saturated heterocycles. The predicted octanol–water partition coefficient (Wildman–Crippen LogP) is 0.626. The number of nitrogen functional groups attached to an aromatic ring is 1. The SMILES string of the molecule is CN1CCCCC1COc1ncc(N)cc1C(N)=O. The number of carbonyl (C=O) groups excluding carboxylic acids is 1. The Labute approximate surface area is 112 Å². The first-order valence-corrected chi connectivity index (χ1v) is 6.46. The Morgan fingerprint density at radius 1 is 1.58 bits per heavy atom. The fourth-order valence-corrected chi connectivity index (χ4v) is 2.29. The van der Waals surface area contributed by atoms with Gasteiger partial charge >= 0.3 is 0 Å². The molecule has 0 saturated carbocycles. The van der Waals surface area contributed by atoms with Crippen LogP contribution in [0.1, 0.15) is 29.6 Å². The molecule has 6 heteroatoms. The van der Waals surface area contributed by atoms with E-state index >= 15 is 0 Å². The maximum Gasteiger partial charge on any atom is 0.254 e. The minimum absolute atomic E-state index is 0.235. The molecule has 1 aromatic heterocycles. The molecule has 1 aliphatic heterocycles. The molecule has 1 unspecified atom stereocenters. The number of piperidine rings is 1. The summed E-state index contributed by atoms with van der Waals surface area (Å²) in [4.78, 5) is 17.6. The van der Waals surface area contributed by atoms with Crippen LogP contribution in [-0.4, -0.2) is 42.0 Å². The molecule has 4 N–H and O–H groups in total. The van der Waals surface area contributed by atoms with E-state index in [-0.39, 0.29) is 11.4 Å². The molecule has 104 valence electrons. The Morgan fingerprint density at radius 3 is 3.05 bits per heavy atom. The number of hydrogen-bond donors (Lipinski definition) is 2. The van der Waals surface area contributed by atoms with Crippen molar-refractivity contribution in [3.05, 3.63) is 17.8 Å². The van der Waals surface area contributed by atoms with Gasteiger partial charge in [0.1, 0.15) is 12.2 Å². The van der Waals surface area contributed by atoms with E-state index in [1.165, 1.54) is 25.1 Å². The number of nitrogens with two attached hydrogens (primary N) is 2. The third-order valence-electron chi connectivity index (χ3n) is 3.47. The van der Waals surface area contributed by atoms with E-state index in [9.17, 15) is 4.79 Å². The van der Waals surface area contributed by atoms with Crippen molar-refractivity contribution in [1.29, 1.82) is 0 Å². The quantitative estimate of drug-likeness (QED) is 0.831. The number of likely N-dealkylation sites (tertiary alicyclic amines) is 1. The van der Waals surface area contributed by atoms with Gasteiger partial charge in [0.05, 0.1) is 11.9 Å². The van der Waals surface area contributed by atoms with Crippen LogP contribution >= 0.6 is 0 Å². The molecule has 1 atom stereocenters. The number of nitrogens with zero attached hydrogens (tertiary/aromatic N) is 2. The Balaban J connectivity index is 2.04. The molecule has 0 spiro atoms. The fourth-order valence-electron chi connectivity index (χ4n) is 2.29. The molecule has 1 aromatic rings. The summed E-state index contributed by atoms with van der Waals surface area (Å²) in [6.07, 6.45) is 4.99. The number of hydrogen-bond acceptors (Lipinski definition) is 5.